The average Bonchev–Trinajstić information content (AvgIpc) is 1.87. The van der Waals surface area contributed by atoms with Crippen LogP contribution in [0.1, 0.15) is 33.6 Å². The van der Waals surface area contributed by atoms with Crippen LogP contribution in [0.25, 0.3) is 0 Å². The maximum Gasteiger partial charge on any atom is 0.0223 e. The zero-order valence-corrected chi connectivity index (χ0v) is 7.41. The molecule has 0 aliphatic heterocycles. The minimum absolute atomic E-state index is 0.486. The highest BCUT2D eigenvalue weighted by atomic mass is 32.1. The van der Waals surface area contributed by atoms with Crippen LogP contribution in [0.15, 0.2) is 11.6 Å². The summed E-state index contributed by atoms with van der Waals surface area (Å²) in [6.07, 6.45) is 4.55. The Balaban J connectivity index is 3.59. The molecular weight excluding hydrogens is 128 g/mol. The fourth-order valence-electron chi connectivity index (χ4n) is 0.693. The molecule has 1 unspecified atom stereocenters. The summed E-state index contributed by atoms with van der Waals surface area (Å²) in [5.41, 5.74) is 1.39. The van der Waals surface area contributed by atoms with Gasteiger partial charge in [-0.25, -0.2) is 0 Å². The van der Waals surface area contributed by atoms with E-state index in [1.54, 1.807) is 0 Å². The van der Waals surface area contributed by atoms with E-state index in [9.17, 15) is 0 Å². The molecule has 0 saturated heterocycles. The molecule has 0 rings (SSSR count). The second-order valence-electron chi connectivity index (χ2n) is 2.34. The second kappa shape index (κ2) is 4.92. The molecule has 0 aromatic heterocycles. The number of rotatable bonds is 3. The van der Waals surface area contributed by atoms with E-state index in [1.807, 2.05) is 0 Å². The van der Waals surface area contributed by atoms with Gasteiger partial charge < -0.3 is 0 Å². The van der Waals surface area contributed by atoms with Crippen molar-refractivity contribution in [1.82, 2.24) is 0 Å². The van der Waals surface area contributed by atoms with E-state index in [0.29, 0.717) is 5.25 Å². The maximum atomic E-state index is 4.42. The molecule has 0 amide bonds. The summed E-state index contributed by atoms with van der Waals surface area (Å²) in [5, 5.41) is 0.486. The van der Waals surface area contributed by atoms with Gasteiger partial charge in [-0.05, 0) is 20.3 Å². The molecule has 0 N–H and O–H groups in total. The van der Waals surface area contributed by atoms with Gasteiger partial charge in [0.05, 0.1) is 0 Å². The van der Waals surface area contributed by atoms with Crippen LogP contribution in [0.3, 0.4) is 0 Å². The first-order valence-corrected chi connectivity index (χ1v) is 4.04. The van der Waals surface area contributed by atoms with E-state index in [0.717, 1.165) is 0 Å². The zero-order chi connectivity index (χ0) is 7.28. The zero-order valence-electron chi connectivity index (χ0n) is 6.52. The van der Waals surface area contributed by atoms with Crippen molar-refractivity contribution in [3.8, 4) is 0 Å². The van der Waals surface area contributed by atoms with Crippen LogP contribution in [-0.4, -0.2) is 5.25 Å². The fourth-order valence-corrected chi connectivity index (χ4v) is 1.10. The van der Waals surface area contributed by atoms with Gasteiger partial charge in [0.15, 0.2) is 0 Å². The van der Waals surface area contributed by atoms with Crippen molar-refractivity contribution < 1.29 is 0 Å². The Morgan fingerprint density at radius 3 is 2.56 bits per heavy atom. The predicted molar refractivity (Wildman–Crippen MR) is 47.1 cm³/mol. The second-order valence-corrected chi connectivity index (χ2v) is 2.96. The van der Waals surface area contributed by atoms with Gasteiger partial charge in [-0.15, -0.1) is 0 Å². The summed E-state index contributed by atoms with van der Waals surface area (Å²) in [7, 11) is 0. The van der Waals surface area contributed by atoms with Crippen molar-refractivity contribution in [3.05, 3.63) is 11.6 Å². The van der Waals surface area contributed by atoms with Crippen molar-refractivity contribution in [2.75, 3.05) is 0 Å². The average molecular weight is 144 g/mol. The van der Waals surface area contributed by atoms with Gasteiger partial charge >= 0.3 is 0 Å². The summed E-state index contributed by atoms with van der Waals surface area (Å²) in [4.78, 5) is 0. The van der Waals surface area contributed by atoms with E-state index in [2.05, 4.69) is 39.5 Å². The molecule has 9 heavy (non-hydrogen) atoms. The highest BCUT2D eigenvalue weighted by Crippen LogP contribution is 2.13. The van der Waals surface area contributed by atoms with E-state index >= 15 is 0 Å². The van der Waals surface area contributed by atoms with Crippen molar-refractivity contribution in [1.29, 1.82) is 0 Å². The van der Waals surface area contributed by atoms with E-state index in [-0.39, 0.29) is 0 Å². The minimum atomic E-state index is 0.486. The smallest absolute Gasteiger partial charge is 0.0223 e. The first-order chi connectivity index (χ1) is 4.22. The molecule has 0 nitrogen and oxygen atoms in total. The largest absolute Gasteiger partial charge is 0.171 e. The fraction of sp³-hybridized carbons (Fsp3) is 0.750. The molecule has 0 aliphatic rings. The molecule has 1 heteroatoms. The lowest BCUT2D eigenvalue weighted by Crippen LogP contribution is -1.98. The molecule has 0 fully saturated rings. The lowest BCUT2D eigenvalue weighted by atomic mass is 10.1. The summed E-state index contributed by atoms with van der Waals surface area (Å²) >= 11 is 4.42. The lowest BCUT2D eigenvalue weighted by Gasteiger charge is -2.07. The Kier molecular flexibility index (Phi) is 4.97. The Morgan fingerprint density at radius 2 is 2.22 bits per heavy atom. The monoisotopic (exact) mass is 144 g/mol. The Hall–Kier alpha value is 0.0900. The SMILES string of the molecule is C/C=C(/C)C(S)CCC. The summed E-state index contributed by atoms with van der Waals surface area (Å²) in [6.45, 7) is 6.38. The molecular formula is C8H16S. The molecule has 0 radical (unpaired) electrons. The molecule has 1 atom stereocenters. The van der Waals surface area contributed by atoms with Gasteiger partial charge in [0.1, 0.15) is 0 Å². The first-order valence-electron chi connectivity index (χ1n) is 3.53. The van der Waals surface area contributed by atoms with Crippen LogP contribution < -0.4 is 0 Å². The predicted octanol–water partition coefficient (Wildman–Crippen LogP) is 3.05. The molecule has 0 heterocycles. The highest BCUT2D eigenvalue weighted by Gasteiger charge is 2.00. The number of thiol groups is 1. The van der Waals surface area contributed by atoms with Crippen molar-refractivity contribution >= 4 is 12.6 Å². The van der Waals surface area contributed by atoms with Crippen LogP contribution in [0.4, 0.5) is 0 Å². The minimum Gasteiger partial charge on any atom is -0.171 e. The quantitative estimate of drug-likeness (QED) is 0.457. The summed E-state index contributed by atoms with van der Waals surface area (Å²) in [5.74, 6) is 0. The van der Waals surface area contributed by atoms with E-state index < -0.39 is 0 Å². The lowest BCUT2D eigenvalue weighted by molar-refractivity contribution is 0.804. The molecule has 54 valence electrons. The van der Waals surface area contributed by atoms with Crippen LogP contribution >= 0.6 is 12.6 Å². The summed E-state index contributed by atoms with van der Waals surface area (Å²) < 4.78 is 0. The topological polar surface area (TPSA) is 0 Å². The Bertz CT molecular complexity index is 94.7. The normalized spacial score (nSPS) is 15.8. The van der Waals surface area contributed by atoms with Crippen molar-refractivity contribution in [2.24, 2.45) is 0 Å². The standard InChI is InChI=1S/C8H16S/c1-4-6-8(9)7(3)5-2/h5,8-9H,4,6H2,1-3H3/b7-5-. The molecule has 0 aromatic carbocycles. The number of allylic oxidation sites excluding steroid dienone is 1. The van der Waals surface area contributed by atoms with Crippen molar-refractivity contribution in [2.45, 2.75) is 38.9 Å². The van der Waals surface area contributed by atoms with Gasteiger partial charge in [-0.2, -0.15) is 12.6 Å². The highest BCUT2D eigenvalue weighted by molar-refractivity contribution is 7.81. The summed E-state index contributed by atoms with van der Waals surface area (Å²) in [6, 6.07) is 0. The van der Waals surface area contributed by atoms with Gasteiger partial charge in [0.25, 0.3) is 0 Å². The molecule has 0 spiro atoms. The first kappa shape index (κ1) is 9.09. The third-order valence-corrected chi connectivity index (χ3v) is 2.21. The van der Waals surface area contributed by atoms with Crippen LogP contribution in [-0.2, 0) is 0 Å². The maximum absolute atomic E-state index is 4.42. The van der Waals surface area contributed by atoms with Gasteiger partial charge in [0.2, 0.25) is 0 Å². The molecule has 0 aliphatic carbocycles. The Labute approximate surface area is 63.8 Å². The van der Waals surface area contributed by atoms with Crippen LogP contribution in [0.5, 0.6) is 0 Å². The third-order valence-electron chi connectivity index (χ3n) is 1.54. The van der Waals surface area contributed by atoms with Crippen molar-refractivity contribution in [3.63, 3.8) is 0 Å². The van der Waals surface area contributed by atoms with Gasteiger partial charge in [0, 0.05) is 5.25 Å². The Morgan fingerprint density at radius 1 is 1.67 bits per heavy atom. The molecule has 0 saturated carbocycles. The third kappa shape index (κ3) is 3.63. The van der Waals surface area contributed by atoms with E-state index in [4.69, 9.17) is 0 Å². The van der Waals surface area contributed by atoms with Crippen LogP contribution in [0, 0.1) is 0 Å². The van der Waals surface area contributed by atoms with E-state index in [1.165, 1.54) is 18.4 Å². The van der Waals surface area contributed by atoms with Gasteiger partial charge in [-0.3, -0.25) is 0 Å². The number of hydrogen-bond donors (Lipinski definition) is 1. The molecule has 0 bridgehead atoms. The van der Waals surface area contributed by atoms with Crippen LogP contribution in [0.2, 0.25) is 0 Å². The molecule has 0 aromatic rings. The van der Waals surface area contributed by atoms with Gasteiger partial charge in [-0.1, -0.05) is 25.0 Å². The number of hydrogen-bond acceptors (Lipinski definition) is 1.